The Hall–Kier alpha value is -1.92. The number of hydrogen-bond acceptors (Lipinski definition) is 4. The van der Waals surface area contributed by atoms with Crippen molar-refractivity contribution >= 4 is 11.9 Å². The molecule has 0 bridgehead atoms. The topological polar surface area (TPSA) is 97.1 Å². The first kappa shape index (κ1) is 13.1. The van der Waals surface area contributed by atoms with Gasteiger partial charge in [0.15, 0.2) is 5.69 Å². The van der Waals surface area contributed by atoms with Crippen LogP contribution in [-0.2, 0) is 11.2 Å². The predicted octanol–water partition coefficient (Wildman–Crippen LogP) is 0.236. The third kappa shape index (κ3) is 2.61. The lowest BCUT2D eigenvalue weighted by atomic mass is 10.2. The largest absolute Gasteiger partial charge is 0.476 e. The second kappa shape index (κ2) is 5.42. The highest BCUT2D eigenvalue weighted by Gasteiger charge is 2.23. The zero-order valence-corrected chi connectivity index (χ0v) is 10.1. The van der Waals surface area contributed by atoms with Gasteiger partial charge in [-0.25, -0.2) is 9.48 Å². The third-order valence-electron chi connectivity index (χ3n) is 2.43. The Labute approximate surface area is 98.8 Å². The van der Waals surface area contributed by atoms with Crippen LogP contribution in [0.4, 0.5) is 0 Å². The maximum atomic E-state index is 11.6. The van der Waals surface area contributed by atoms with Crippen molar-refractivity contribution in [2.24, 2.45) is 0 Å². The van der Waals surface area contributed by atoms with Crippen LogP contribution in [0.2, 0.25) is 0 Å². The molecule has 1 heterocycles. The van der Waals surface area contributed by atoms with Crippen molar-refractivity contribution in [2.75, 3.05) is 6.54 Å². The summed E-state index contributed by atoms with van der Waals surface area (Å²) < 4.78 is 1.36. The molecule has 0 aromatic carbocycles. The molecule has 0 saturated heterocycles. The number of carbonyl (C=O) groups excluding carboxylic acids is 1. The number of amides is 1. The van der Waals surface area contributed by atoms with Gasteiger partial charge in [-0.05, 0) is 20.3 Å². The van der Waals surface area contributed by atoms with E-state index in [1.807, 2.05) is 6.92 Å². The van der Waals surface area contributed by atoms with Gasteiger partial charge in [0, 0.05) is 6.54 Å². The van der Waals surface area contributed by atoms with E-state index < -0.39 is 12.0 Å². The molecule has 0 aliphatic rings. The smallest absolute Gasteiger partial charge is 0.358 e. The molecule has 1 aromatic rings. The molecule has 17 heavy (non-hydrogen) atoms. The Morgan fingerprint density at radius 3 is 2.59 bits per heavy atom. The number of aromatic nitrogens is 3. The highest BCUT2D eigenvalue weighted by atomic mass is 16.4. The molecule has 1 atom stereocenters. The first-order valence-electron chi connectivity index (χ1n) is 5.47. The van der Waals surface area contributed by atoms with E-state index in [0.29, 0.717) is 18.7 Å². The molecule has 1 aromatic heterocycles. The number of carboxylic acid groups (broad SMARTS) is 1. The maximum Gasteiger partial charge on any atom is 0.358 e. The van der Waals surface area contributed by atoms with Gasteiger partial charge in [0.1, 0.15) is 6.04 Å². The van der Waals surface area contributed by atoms with Gasteiger partial charge < -0.3 is 10.4 Å². The van der Waals surface area contributed by atoms with Crippen LogP contribution in [0.5, 0.6) is 0 Å². The molecule has 0 fully saturated rings. The summed E-state index contributed by atoms with van der Waals surface area (Å²) in [6.45, 7) is 5.79. The molecule has 0 aliphatic heterocycles. The second-order valence-electron chi connectivity index (χ2n) is 3.56. The van der Waals surface area contributed by atoms with E-state index in [4.69, 9.17) is 5.11 Å². The summed E-state index contributed by atoms with van der Waals surface area (Å²) in [5.41, 5.74) is 0.361. The lowest BCUT2D eigenvalue weighted by Gasteiger charge is -2.13. The van der Waals surface area contributed by atoms with Gasteiger partial charge >= 0.3 is 5.97 Å². The van der Waals surface area contributed by atoms with E-state index in [-0.39, 0.29) is 11.6 Å². The molecular weight excluding hydrogens is 224 g/mol. The molecule has 0 radical (unpaired) electrons. The summed E-state index contributed by atoms with van der Waals surface area (Å²) in [7, 11) is 0. The fourth-order valence-electron chi connectivity index (χ4n) is 1.55. The summed E-state index contributed by atoms with van der Waals surface area (Å²) in [4.78, 5) is 22.5. The average molecular weight is 240 g/mol. The normalized spacial score (nSPS) is 12.2. The van der Waals surface area contributed by atoms with Gasteiger partial charge in [0.2, 0.25) is 5.91 Å². The van der Waals surface area contributed by atoms with Crippen molar-refractivity contribution in [1.82, 2.24) is 20.3 Å². The van der Waals surface area contributed by atoms with Crippen molar-refractivity contribution in [3.8, 4) is 0 Å². The summed E-state index contributed by atoms with van der Waals surface area (Å²) >= 11 is 0. The minimum atomic E-state index is -1.13. The van der Waals surface area contributed by atoms with Crippen LogP contribution in [0, 0.1) is 0 Å². The van der Waals surface area contributed by atoms with Gasteiger partial charge in [0.05, 0.1) is 5.69 Å². The van der Waals surface area contributed by atoms with E-state index in [0.717, 1.165) is 0 Å². The van der Waals surface area contributed by atoms with E-state index in [2.05, 4.69) is 15.6 Å². The summed E-state index contributed by atoms with van der Waals surface area (Å²) in [6.07, 6.45) is 0.457. The Balaban J connectivity index is 3.06. The van der Waals surface area contributed by atoms with Gasteiger partial charge in [0.25, 0.3) is 0 Å². The zero-order chi connectivity index (χ0) is 13.0. The number of rotatable bonds is 5. The van der Waals surface area contributed by atoms with Crippen LogP contribution in [-0.4, -0.2) is 38.5 Å². The van der Waals surface area contributed by atoms with Crippen molar-refractivity contribution in [3.63, 3.8) is 0 Å². The summed E-state index contributed by atoms with van der Waals surface area (Å²) in [6, 6.07) is -0.564. The van der Waals surface area contributed by atoms with E-state index >= 15 is 0 Å². The molecule has 0 spiro atoms. The minimum Gasteiger partial charge on any atom is -0.476 e. The third-order valence-corrected chi connectivity index (χ3v) is 2.43. The fraction of sp³-hybridized carbons (Fsp3) is 0.600. The highest BCUT2D eigenvalue weighted by Crippen LogP contribution is 2.13. The highest BCUT2D eigenvalue weighted by molar-refractivity contribution is 5.87. The number of carbonyl (C=O) groups is 2. The van der Waals surface area contributed by atoms with Crippen LogP contribution in [0.25, 0.3) is 0 Å². The standard InChI is InChI=1S/C10H16N4O3/c1-4-7-8(10(16)17)12-13-14(7)6(3)9(15)11-5-2/h6H,4-5H2,1-3H3,(H,11,15)(H,16,17). The van der Waals surface area contributed by atoms with Crippen LogP contribution >= 0.6 is 0 Å². The van der Waals surface area contributed by atoms with Crippen LogP contribution < -0.4 is 5.32 Å². The Morgan fingerprint density at radius 1 is 1.47 bits per heavy atom. The molecule has 0 aliphatic carbocycles. The number of nitrogens with zero attached hydrogens (tertiary/aromatic N) is 3. The van der Waals surface area contributed by atoms with E-state index in [1.54, 1.807) is 13.8 Å². The Bertz CT molecular complexity index is 427. The lowest BCUT2D eigenvalue weighted by molar-refractivity contribution is -0.124. The number of carboxylic acids is 1. The Kier molecular flexibility index (Phi) is 4.19. The minimum absolute atomic E-state index is 0.0938. The molecule has 2 N–H and O–H groups in total. The molecule has 1 unspecified atom stereocenters. The zero-order valence-electron chi connectivity index (χ0n) is 10.1. The molecular formula is C10H16N4O3. The van der Waals surface area contributed by atoms with Crippen LogP contribution in [0.3, 0.4) is 0 Å². The molecule has 94 valence electrons. The van der Waals surface area contributed by atoms with E-state index in [1.165, 1.54) is 4.68 Å². The molecule has 1 rings (SSSR count). The van der Waals surface area contributed by atoms with Crippen molar-refractivity contribution in [1.29, 1.82) is 0 Å². The average Bonchev–Trinajstić information content (AvgIpc) is 2.71. The fourth-order valence-corrected chi connectivity index (χ4v) is 1.55. The maximum absolute atomic E-state index is 11.6. The number of likely N-dealkylation sites (N-methyl/N-ethyl adjacent to an activating group) is 1. The Morgan fingerprint density at radius 2 is 2.12 bits per heavy atom. The number of nitrogens with one attached hydrogen (secondary N) is 1. The summed E-state index contributed by atoms with van der Waals surface area (Å²) in [5.74, 6) is -1.33. The number of aromatic carboxylic acids is 1. The van der Waals surface area contributed by atoms with Gasteiger partial charge in [-0.2, -0.15) is 0 Å². The van der Waals surface area contributed by atoms with Crippen molar-refractivity contribution < 1.29 is 14.7 Å². The van der Waals surface area contributed by atoms with Crippen LogP contribution in [0.15, 0.2) is 0 Å². The monoisotopic (exact) mass is 240 g/mol. The second-order valence-corrected chi connectivity index (χ2v) is 3.56. The van der Waals surface area contributed by atoms with E-state index in [9.17, 15) is 9.59 Å². The molecule has 1 amide bonds. The first-order chi connectivity index (χ1) is 8.02. The van der Waals surface area contributed by atoms with Crippen LogP contribution in [0.1, 0.15) is 43.0 Å². The summed E-state index contributed by atoms with van der Waals surface area (Å²) in [5, 5.41) is 18.9. The van der Waals surface area contributed by atoms with Gasteiger partial charge in [-0.3, -0.25) is 4.79 Å². The molecule has 0 saturated carbocycles. The van der Waals surface area contributed by atoms with Crippen molar-refractivity contribution in [3.05, 3.63) is 11.4 Å². The quantitative estimate of drug-likeness (QED) is 0.768. The molecule has 7 nitrogen and oxygen atoms in total. The van der Waals surface area contributed by atoms with Gasteiger partial charge in [-0.15, -0.1) is 5.10 Å². The molecule has 7 heteroatoms. The lowest BCUT2D eigenvalue weighted by Crippen LogP contribution is -2.32. The predicted molar refractivity (Wildman–Crippen MR) is 59.8 cm³/mol. The van der Waals surface area contributed by atoms with Crippen molar-refractivity contribution in [2.45, 2.75) is 33.2 Å². The first-order valence-corrected chi connectivity index (χ1v) is 5.47. The number of hydrogen-bond donors (Lipinski definition) is 2. The van der Waals surface area contributed by atoms with Gasteiger partial charge in [-0.1, -0.05) is 12.1 Å². The SMILES string of the molecule is CCNC(=O)C(C)n1nnc(C(=O)O)c1CC.